The molecule has 0 saturated carbocycles. The first-order valence-electron chi connectivity index (χ1n) is 7.72. The fourth-order valence-corrected chi connectivity index (χ4v) is 2.12. The smallest absolute Gasteiger partial charge is 0.323 e. The van der Waals surface area contributed by atoms with E-state index in [1.807, 2.05) is 0 Å². The second kappa shape index (κ2) is 8.61. The standard InChI is InChI=1S/C14H25N5O2/c1-3-4-9-20-10-11-21-14-17-12(15-2)16-13(18-14)19-7-5-6-8-19/h3-11H2,1-2H3,(H,15,16,17,18). The zero-order valence-corrected chi connectivity index (χ0v) is 13.0. The van der Waals surface area contributed by atoms with E-state index in [1.165, 1.54) is 12.8 Å². The molecule has 1 aromatic heterocycles. The normalized spacial score (nSPS) is 14.5. The Labute approximate surface area is 126 Å². The molecule has 1 N–H and O–H groups in total. The highest BCUT2D eigenvalue weighted by molar-refractivity contribution is 5.38. The number of unbranched alkanes of at least 4 members (excludes halogenated alkanes) is 1. The van der Waals surface area contributed by atoms with Crippen molar-refractivity contribution in [2.24, 2.45) is 0 Å². The molecular formula is C14H25N5O2. The Morgan fingerprint density at radius 1 is 1.10 bits per heavy atom. The van der Waals surface area contributed by atoms with Crippen LogP contribution < -0.4 is 15.0 Å². The first-order valence-corrected chi connectivity index (χ1v) is 7.72. The van der Waals surface area contributed by atoms with Gasteiger partial charge in [0.1, 0.15) is 6.61 Å². The molecule has 0 spiro atoms. The highest BCUT2D eigenvalue weighted by Crippen LogP contribution is 2.19. The lowest BCUT2D eigenvalue weighted by Gasteiger charge is -2.16. The Bertz CT molecular complexity index is 424. The number of nitrogens with zero attached hydrogens (tertiary/aromatic N) is 4. The van der Waals surface area contributed by atoms with Gasteiger partial charge < -0.3 is 19.7 Å². The number of rotatable bonds is 9. The van der Waals surface area contributed by atoms with E-state index in [0.717, 1.165) is 32.5 Å². The van der Waals surface area contributed by atoms with Gasteiger partial charge in [0.15, 0.2) is 0 Å². The van der Waals surface area contributed by atoms with Crippen molar-refractivity contribution in [1.29, 1.82) is 0 Å². The molecule has 7 nitrogen and oxygen atoms in total. The van der Waals surface area contributed by atoms with E-state index in [1.54, 1.807) is 7.05 Å². The zero-order chi connectivity index (χ0) is 14.9. The van der Waals surface area contributed by atoms with Crippen LogP contribution in [0.3, 0.4) is 0 Å². The van der Waals surface area contributed by atoms with Gasteiger partial charge in [-0.3, -0.25) is 0 Å². The van der Waals surface area contributed by atoms with Crippen molar-refractivity contribution in [2.75, 3.05) is 50.2 Å². The van der Waals surface area contributed by atoms with E-state index >= 15 is 0 Å². The maximum Gasteiger partial charge on any atom is 0.323 e. The second-order valence-corrected chi connectivity index (χ2v) is 5.00. The molecule has 1 aliphatic heterocycles. The molecule has 0 atom stereocenters. The zero-order valence-electron chi connectivity index (χ0n) is 13.0. The van der Waals surface area contributed by atoms with Gasteiger partial charge >= 0.3 is 6.01 Å². The van der Waals surface area contributed by atoms with Crippen LogP contribution in [0.1, 0.15) is 32.6 Å². The van der Waals surface area contributed by atoms with Crippen molar-refractivity contribution in [3.05, 3.63) is 0 Å². The Morgan fingerprint density at radius 2 is 1.90 bits per heavy atom. The van der Waals surface area contributed by atoms with Gasteiger partial charge in [-0.15, -0.1) is 0 Å². The van der Waals surface area contributed by atoms with E-state index < -0.39 is 0 Å². The molecule has 118 valence electrons. The minimum absolute atomic E-state index is 0.357. The van der Waals surface area contributed by atoms with Gasteiger partial charge in [-0.1, -0.05) is 13.3 Å². The van der Waals surface area contributed by atoms with Crippen LogP contribution in [0.25, 0.3) is 0 Å². The number of aromatic nitrogens is 3. The molecule has 21 heavy (non-hydrogen) atoms. The van der Waals surface area contributed by atoms with Gasteiger partial charge in [0, 0.05) is 26.7 Å². The van der Waals surface area contributed by atoms with Crippen LogP contribution in [0.5, 0.6) is 6.01 Å². The van der Waals surface area contributed by atoms with E-state index in [-0.39, 0.29) is 0 Å². The molecule has 0 radical (unpaired) electrons. The largest absolute Gasteiger partial charge is 0.461 e. The summed E-state index contributed by atoms with van der Waals surface area (Å²) in [6, 6.07) is 0.357. The van der Waals surface area contributed by atoms with Crippen LogP contribution in [-0.4, -0.2) is 54.9 Å². The number of hydrogen-bond donors (Lipinski definition) is 1. The molecule has 0 aromatic carbocycles. The highest BCUT2D eigenvalue weighted by atomic mass is 16.5. The van der Waals surface area contributed by atoms with Gasteiger partial charge in [-0.2, -0.15) is 15.0 Å². The van der Waals surface area contributed by atoms with E-state index in [2.05, 4.69) is 32.1 Å². The predicted octanol–water partition coefficient (Wildman–Crippen LogP) is 1.71. The van der Waals surface area contributed by atoms with Crippen molar-refractivity contribution < 1.29 is 9.47 Å². The molecule has 0 unspecified atom stereocenters. The lowest BCUT2D eigenvalue weighted by molar-refractivity contribution is 0.0948. The summed E-state index contributed by atoms with van der Waals surface area (Å²) in [6.45, 7) is 5.91. The minimum atomic E-state index is 0.357. The summed E-state index contributed by atoms with van der Waals surface area (Å²) in [6.07, 6.45) is 4.58. The first kappa shape index (κ1) is 15.8. The van der Waals surface area contributed by atoms with Crippen molar-refractivity contribution in [1.82, 2.24) is 15.0 Å². The topological polar surface area (TPSA) is 72.4 Å². The number of nitrogens with one attached hydrogen (secondary N) is 1. The quantitative estimate of drug-likeness (QED) is 0.695. The Hall–Kier alpha value is -1.63. The predicted molar refractivity (Wildman–Crippen MR) is 82.0 cm³/mol. The molecule has 0 amide bonds. The number of anilines is 2. The van der Waals surface area contributed by atoms with Gasteiger partial charge in [0.05, 0.1) is 6.61 Å². The second-order valence-electron chi connectivity index (χ2n) is 5.00. The van der Waals surface area contributed by atoms with Crippen LogP contribution in [0.4, 0.5) is 11.9 Å². The molecule has 7 heteroatoms. The summed E-state index contributed by atoms with van der Waals surface area (Å²) in [5.74, 6) is 1.22. The molecule has 2 heterocycles. The molecule has 0 bridgehead atoms. The molecule has 1 aromatic rings. The first-order chi connectivity index (χ1) is 10.3. The van der Waals surface area contributed by atoms with E-state index in [9.17, 15) is 0 Å². The highest BCUT2D eigenvalue weighted by Gasteiger charge is 2.17. The van der Waals surface area contributed by atoms with Crippen LogP contribution in [-0.2, 0) is 4.74 Å². The fourth-order valence-electron chi connectivity index (χ4n) is 2.12. The third-order valence-electron chi connectivity index (χ3n) is 3.32. The molecule has 0 aliphatic carbocycles. The molecule has 1 aliphatic rings. The Kier molecular flexibility index (Phi) is 6.46. The molecule has 2 rings (SSSR count). The molecule has 1 saturated heterocycles. The molecule has 1 fully saturated rings. The van der Waals surface area contributed by atoms with Crippen LogP contribution >= 0.6 is 0 Å². The Morgan fingerprint density at radius 3 is 2.62 bits per heavy atom. The van der Waals surface area contributed by atoms with Crippen LogP contribution in [0.15, 0.2) is 0 Å². The monoisotopic (exact) mass is 295 g/mol. The van der Waals surface area contributed by atoms with E-state index in [4.69, 9.17) is 9.47 Å². The average Bonchev–Trinajstić information content (AvgIpc) is 3.05. The third kappa shape index (κ3) is 5.00. The van der Waals surface area contributed by atoms with Crippen LogP contribution in [0.2, 0.25) is 0 Å². The summed E-state index contributed by atoms with van der Waals surface area (Å²) >= 11 is 0. The van der Waals surface area contributed by atoms with Gasteiger partial charge in [-0.05, 0) is 19.3 Å². The van der Waals surface area contributed by atoms with Gasteiger partial charge in [-0.25, -0.2) is 0 Å². The lowest BCUT2D eigenvalue weighted by Crippen LogP contribution is -2.22. The average molecular weight is 295 g/mol. The SMILES string of the molecule is CCCCOCCOc1nc(NC)nc(N2CCCC2)n1. The third-order valence-corrected chi connectivity index (χ3v) is 3.32. The minimum Gasteiger partial charge on any atom is -0.461 e. The lowest BCUT2D eigenvalue weighted by atomic mass is 10.4. The van der Waals surface area contributed by atoms with Crippen LogP contribution in [0, 0.1) is 0 Å². The van der Waals surface area contributed by atoms with Crippen molar-refractivity contribution in [3.8, 4) is 6.01 Å². The fraction of sp³-hybridized carbons (Fsp3) is 0.786. The van der Waals surface area contributed by atoms with Crippen molar-refractivity contribution in [2.45, 2.75) is 32.6 Å². The number of ether oxygens (including phenoxy) is 2. The maximum absolute atomic E-state index is 5.58. The van der Waals surface area contributed by atoms with Crippen molar-refractivity contribution in [3.63, 3.8) is 0 Å². The summed E-state index contributed by atoms with van der Waals surface area (Å²) in [5.41, 5.74) is 0. The Balaban J connectivity index is 1.87. The molecular weight excluding hydrogens is 270 g/mol. The summed E-state index contributed by atoms with van der Waals surface area (Å²) in [5, 5.41) is 2.95. The summed E-state index contributed by atoms with van der Waals surface area (Å²) < 4.78 is 11.0. The maximum atomic E-state index is 5.58. The van der Waals surface area contributed by atoms with Crippen molar-refractivity contribution >= 4 is 11.9 Å². The van der Waals surface area contributed by atoms with Gasteiger partial charge in [0.2, 0.25) is 11.9 Å². The summed E-state index contributed by atoms with van der Waals surface area (Å²) in [4.78, 5) is 15.1. The van der Waals surface area contributed by atoms with Gasteiger partial charge in [0.25, 0.3) is 0 Å². The van der Waals surface area contributed by atoms with E-state index in [0.29, 0.717) is 31.1 Å². The number of hydrogen-bond acceptors (Lipinski definition) is 7. The summed E-state index contributed by atoms with van der Waals surface area (Å²) in [7, 11) is 1.79.